The van der Waals surface area contributed by atoms with Crippen molar-refractivity contribution < 1.29 is 9.53 Å². The van der Waals surface area contributed by atoms with Gasteiger partial charge in [0, 0.05) is 18.4 Å². The van der Waals surface area contributed by atoms with Crippen LogP contribution in [0, 0.1) is 0 Å². The SMILES string of the molecule is COC(=O)C1(NC(C)C)CCC(n2cccn2)C1. The molecule has 1 saturated carbocycles. The fraction of sp³-hybridized carbons (Fsp3) is 0.692. The Morgan fingerprint density at radius 2 is 2.39 bits per heavy atom. The van der Waals surface area contributed by atoms with E-state index in [9.17, 15) is 4.79 Å². The van der Waals surface area contributed by atoms with E-state index in [0.29, 0.717) is 0 Å². The van der Waals surface area contributed by atoms with E-state index < -0.39 is 5.54 Å². The Labute approximate surface area is 108 Å². The van der Waals surface area contributed by atoms with Crippen molar-refractivity contribution >= 4 is 5.97 Å². The summed E-state index contributed by atoms with van der Waals surface area (Å²) < 4.78 is 6.91. The quantitative estimate of drug-likeness (QED) is 0.824. The van der Waals surface area contributed by atoms with Crippen LogP contribution in [-0.4, -0.2) is 34.4 Å². The number of methoxy groups -OCH3 is 1. The Hall–Kier alpha value is -1.36. The number of nitrogens with zero attached hydrogens (tertiary/aromatic N) is 2. The van der Waals surface area contributed by atoms with E-state index in [1.54, 1.807) is 6.20 Å². The first kappa shape index (κ1) is 13.1. The average Bonchev–Trinajstić information content (AvgIpc) is 2.96. The van der Waals surface area contributed by atoms with Gasteiger partial charge in [-0.1, -0.05) is 0 Å². The minimum Gasteiger partial charge on any atom is -0.468 e. The summed E-state index contributed by atoms with van der Waals surface area (Å²) in [5.74, 6) is -0.161. The summed E-state index contributed by atoms with van der Waals surface area (Å²) >= 11 is 0. The molecule has 1 heterocycles. The van der Waals surface area contributed by atoms with Gasteiger partial charge in [0.15, 0.2) is 0 Å². The first-order valence-corrected chi connectivity index (χ1v) is 6.42. The van der Waals surface area contributed by atoms with Gasteiger partial charge >= 0.3 is 5.97 Å². The summed E-state index contributed by atoms with van der Waals surface area (Å²) in [7, 11) is 1.45. The number of rotatable bonds is 4. The molecule has 0 aliphatic heterocycles. The van der Waals surface area contributed by atoms with Crippen molar-refractivity contribution in [2.24, 2.45) is 0 Å². The van der Waals surface area contributed by atoms with Gasteiger partial charge in [-0.25, -0.2) is 0 Å². The highest BCUT2D eigenvalue weighted by molar-refractivity contribution is 5.81. The molecule has 1 fully saturated rings. The molecule has 2 unspecified atom stereocenters. The zero-order chi connectivity index (χ0) is 13.2. The summed E-state index contributed by atoms with van der Waals surface area (Å²) in [6, 6.07) is 2.43. The van der Waals surface area contributed by atoms with Crippen molar-refractivity contribution in [1.29, 1.82) is 0 Å². The molecule has 1 N–H and O–H groups in total. The van der Waals surface area contributed by atoms with E-state index in [0.717, 1.165) is 19.3 Å². The molecule has 0 saturated heterocycles. The van der Waals surface area contributed by atoms with Crippen molar-refractivity contribution in [3.8, 4) is 0 Å². The molecule has 0 spiro atoms. The third kappa shape index (κ3) is 2.41. The zero-order valence-corrected chi connectivity index (χ0v) is 11.2. The molecule has 0 amide bonds. The average molecular weight is 251 g/mol. The minimum atomic E-state index is -0.556. The second-order valence-corrected chi connectivity index (χ2v) is 5.26. The van der Waals surface area contributed by atoms with Crippen LogP contribution in [0.25, 0.3) is 0 Å². The van der Waals surface area contributed by atoms with Gasteiger partial charge in [-0.2, -0.15) is 5.10 Å². The van der Waals surface area contributed by atoms with Crippen molar-refractivity contribution in [2.45, 2.75) is 50.7 Å². The highest BCUT2D eigenvalue weighted by atomic mass is 16.5. The molecule has 2 rings (SSSR count). The van der Waals surface area contributed by atoms with E-state index in [2.05, 4.69) is 10.4 Å². The number of ether oxygens (including phenoxy) is 1. The zero-order valence-electron chi connectivity index (χ0n) is 11.2. The van der Waals surface area contributed by atoms with Crippen LogP contribution in [0.3, 0.4) is 0 Å². The fourth-order valence-electron chi connectivity index (χ4n) is 2.87. The lowest BCUT2D eigenvalue weighted by Crippen LogP contribution is -2.53. The van der Waals surface area contributed by atoms with Gasteiger partial charge in [-0.15, -0.1) is 0 Å². The predicted octanol–water partition coefficient (Wildman–Crippen LogP) is 1.52. The number of aromatic nitrogens is 2. The molecule has 5 nitrogen and oxygen atoms in total. The maximum absolute atomic E-state index is 12.1. The molecule has 1 aromatic rings. The van der Waals surface area contributed by atoms with Gasteiger partial charge in [-0.05, 0) is 39.2 Å². The normalized spacial score (nSPS) is 27.7. The molecule has 0 aromatic carbocycles. The fourth-order valence-corrected chi connectivity index (χ4v) is 2.87. The van der Waals surface area contributed by atoms with Crippen LogP contribution in [0.2, 0.25) is 0 Å². The van der Waals surface area contributed by atoms with Gasteiger partial charge in [-0.3, -0.25) is 14.8 Å². The lowest BCUT2D eigenvalue weighted by Gasteiger charge is -2.30. The topological polar surface area (TPSA) is 56.1 Å². The smallest absolute Gasteiger partial charge is 0.326 e. The lowest BCUT2D eigenvalue weighted by molar-refractivity contribution is -0.148. The summed E-state index contributed by atoms with van der Waals surface area (Å²) in [6.07, 6.45) is 6.19. The molecular weight excluding hydrogens is 230 g/mol. The van der Waals surface area contributed by atoms with Gasteiger partial charge in [0.1, 0.15) is 5.54 Å². The number of hydrogen-bond acceptors (Lipinski definition) is 4. The standard InChI is InChI=1S/C13H21N3O2/c1-10(2)15-13(12(17)18-3)6-5-11(9-13)16-8-4-7-14-16/h4,7-8,10-11,15H,5-6,9H2,1-3H3. The van der Waals surface area contributed by atoms with Crippen LogP contribution >= 0.6 is 0 Å². The van der Waals surface area contributed by atoms with Gasteiger partial charge in [0.2, 0.25) is 0 Å². The molecule has 1 aliphatic rings. The van der Waals surface area contributed by atoms with Crippen molar-refractivity contribution in [3.63, 3.8) is 0 Å². The molecular formula is C13H21N3O2. The van der Waals surface area contributed by atoms with Crippen LogP contribution in [0.4, 0.5) is 0 Å². The molecule has 18 heavy (non-hydrogen) atoms. The Bertz CT molecular complexity index is 402. The van der Waals surface area contributed by atoms with Crippen LogP contribution in [0.15, 0.2) is 18.5 Å². The molecule has 1 aromatic heterocycles. The maximum atomic E-state index is 12.1. The summed E-state index contributed by atoms with van der Waals surface area (Å²) in [4.78, 5) is 12.1. The Morgan fingerprint density at radius 3 is 2.94 bits per heavy atom. The highest BCUT2D eigenvalue weighted by Gasteiger charge is 2.47. The third-order valence-electron chi connectivity index (χ3n) is 3.53. The van der Waals surface area contributed by atoms with Crippen molar-refractivity contribution in [1.82, 2.24) is 15.1 Å². The van der Waals surface area contributed by atoms with Crippen molar-refractivity contribution in [2.75, 3.05) is 7.11 Å². The summed E-state index contributed by atoms with van der Waals surface area (Å²) in [6.45, 7) is 4.10. The first-order chi connectivity index (χ1) is 8.57. The number of carbonyl (C=O) groups excluding carboxylic acids is 1. The Balaban J connectivity index is 2.16. The number of nitrogens with one attached hydrogen (secondary N) is 1. The van der Waals surface area contributed by atoms with E-state index >= 15 is 0 Å². The highest BCUT2D eigenvalue weighted by Crippen LogP contribution is 2.38. The lowest BCUT2D eigenvalue weighted by atomic mass is 9.96. The van der Waals surface area contributed by atoms with Crippen molar-refractivity contribution in [3.05, 3.63) is 18.5 Å². The molecule has 100 valence electrons. The van der Waals surface area contributed by atoms with E-state index in [4.69, 9.17) is 4.74 Å². The van der Waals surface area contributed by atoms with Crippen LogP contribution in [0.1, 0.15) is 39.2 Å². The van der Waals surface area contributed by atoms with Crippen LogP contribution < -0.4 is 5.32 Å². The second-order valence-electron chi connectivity index (χ2n) is 5.26. The summed E-state index contributed by atoms with van der Waals surface area (Å²) in [5, 5.41) is 7.65. The van der Waals surface area contributed by atoms with Crippen LogP contribution in [0.5, 0.6) is 0 Å². The number of hydrogen-bond donors (Lipinski definition) is 1. The monoisotopic (exact) mass is 251 g/mol. The van der Waals surface area contributed by atoms with E-state index in [1.165, 1.54) is 7.11 Å². The molecule has 0 bridgehead atoms. The van der Waals surface area contributed by atoms with Gasteiger partial charge in [0.05, 0.1) is 13.2 Å². The number of carbonyl (C=O) groups is 1. The molecule has 5 heteroatoms. The maximum Gasteiger partial charge on any atom is 0.326 e. The number of esters is 1. The minimum absolute atomic E-state index is 0.161. The first-order valence-electron chi connectivity index (χ1n) is 6.42. The Kier molecular flexibility index (Phi) is 3.71. The largest absolute Gasteiger partial charge is 0.468 e. The second kappa shape index (κ2) is 5.10. The Morgan fingerprint density at radius 1 is 1.61 bits per heavy atom. The predicted molar refractivity (Wildman–Crippen MR) is 68.1 cm³/mol. The van der Waals surface area contributed by atoms with Gasteiger partial charge < -0.3 is 4.74 Å². The third-order valence-corrected chi connectivity index (χ3v) is 3.53. The molecule has 1 aliphatic carbocycles. The summed E-state index contributed by atoms with van der Waals surface area (Å²) in [5.41, 5.74) is -0.556. The molecule has 2 atom stereocenters. The molecule has 0 radical (unpaired) electrons. The van der Waals surface area contributed by atoms with E-state index in [1.807, 2.05) is 30.8 Å². The van der Waals surface area contributed by atoms with E-state index in [-0.39, 0.29) is 18.1 Å². The van der Waals surface area contributed by atoms with Gasteiger partial charge in [0.25, 0.3) is 0 Å². The van der Waals surface area contributed by atoms with Crippen LogP contribution in [-0.2, 0) is 9.53 Å².